The van der Waals surface area contributed by atoms with Crippen molar-refractivity contribution in [3.63, 3.8) is 0 Å². The molecule has 0 heterocycles. The van der Waals surface area contributed by atoms with Gasteiger partial charge in [0.1, 0.15) is 0 Å². The molecule has 2 rings (SSSR count). The van der Waals surface area contributed by atoms with E-state index < -0.39 is 0 Å². The Balaban J connectivity index is 1.99. The highest BCUT2D eigenvalue weighted by molar-refractivity contribution is 5.90. The second-order valence-corrected chi connectivity index (χ2v) is 4.82. The number of carbonyl (C=O) groups is 1. The summed E-state index contributed by atoms with van der Waals surface area (Å²) < 4.78 is 5.00. The summed E-state index contributed by atoms with van der Waals surface area (Å²) in [5.41, 5.74) is 4.04. The summed E-state index contributed by atoms with van der Waals surface area (Å²) in [5, 5.41) is 3.33. The molecule has 0 aliphatic rings. The van der Waals surface area contributed by atoms with E-state index in [0.717, 1.165) is 18.7 Å². The molecule has 0 aliphatic heterocycles. The van der Waals surface area contributed by atoms with E-state index >= 15 is 0 Å². The Hall–Kier alpha value is -2.29. The number of benzene rings is 2. The molecule has 110 valence electrons. The maximum atomic E-state index is 11.7. The second-order valence-electron chi connectivity index (χ2n) is 4.82. The number of carbonyl (C=O) groups excluding carboxylic acids is 1. The first-order valence-electron chi connectivity index (χ1n) is 7.31. The second kappa shape index (κ2) is 7.48. The Morgan fingerprint density at radius 1 is 1.05 bits per heavy atom. The topological polar surface area (TPSA) is 38.3 Å². The van der Waals surface area contributed by atoms with Crippen molar-refractivity contribution < 1.29 is 9.53 Å². The van der Waals surface area contributed by atoms with Crippen LogP contribution in [0.5, 0.6) is 0 Å². The van der Waals surface area contributed by atoms with Crippen molar-refractivity contribution in [1.82, 2.24) is 0 Å². The fourth-order valence-electron chi connectivity index (χ4n) is 2.07. The molecule has 3 heteroatoms. The van der Waals surface area contributed by atoms with Gasteiger partial charge in [-0.2, -0.15) is 0 Å². The van der Waals surface area contributed by atoms with Gasteiger partial charge in [0.15, 0.2) is 0 Å². The van der Waals surface area contributed by atoms with Gasteiger partial charge in [0, 0.05) is 12.2 Å². The molecule has 0 amide bonds. The number of ether oxygens (including phenoxy) is 1. The highest BCUT2D eigenvalue weighted by Gasteiger charge is 2.06. The minimum Gasteiger partial charge on any atom is -0.462 e. The Kier molecular flexibility index (Phi) is 5.38. The Morgan fingerprint density at radius 2 is 1.76 bits per heavy atom. The van der Waals surface area contributed by atoms with Crippen LogP contribution in [-0.4, -0.2) is 12.6 Å². The minimum absolute atomic E-state index is 0.284. The van der Waals surface area contributed by atoms with Gasteiger partial charge in [-0.1, -0.05) is 37.3 Å². The molecule has 0 aromatic heterocycles. The lowest BCUT2D eigenvalue weighted by Gasteiger charge is -2.09. The average Bonchev–Trinajstić information content (AvgIpc) is 2.54. The first-order chi connectivity index (χ1) is 10.2. The lowest BCUT2D eigenvalue weighted by molar-refractivity contribution is 0.0526. The number of esters is 1. The van der Waals surface area contributed by atoms with E-state index in [9.17, 15) is 4.79 Å². The van der Waals surface area contributed by atoms with Crippen LogP contribution >= 0.6 is 0 Å². The first kappa shape index (κ1) is 15.1. The van der Waals surface area contributed by atoms with Crippen LogP contribution in [0.3, 0.4) is 0 Å². The summed E-state index contributed by atoms with van der Waals surface area (Å²) in [6.07, 6.45) is 1.05. The predicted octanol–water partition coefficient (Wildman–Crippen LogP) is 4.04. The highest BCUT2D eigenvalue weighted by atomic mass is 16.5. The first-order valence-corrected chi connectivity index (χ1v) is 7.31. The smallest absolute Gasteiger partial charge is 0.338 e. The highest BCUT2D eigenvalue weighted by Crippen LogP contribution is 2.14. The molecular formula is C18H21NO2. The molecule has 21 heavy (non-hydrogen) atoms. The van der Waals surface area contributed by atoms with Crippen molar-refractivity contribution >= 4 is 11.7 Å². The molecule has 0 radical (unpaired) electrons. The van der Waals surface area contributed by atoms with Crippen LogP contribution in [0.2, 0.25) is 0 Å². The van der Waals surface area contributed by atoms with Gasteiger partial charge in [-0.3, -0.25) is 0 Å². The van der Waals surface area contributed by atoms with Gasteiger partial charge in [0.05, 0.1) is 12.2 Å². The molecule has 0 fully saturated rings. The fraction of sp³-hybridized carbons (Fsp3) is 0.278. The van der Waals surface area contributed by atoms with Crippen LogP contribution < -0.4 is 5.32 Å². The largest absolute Gasteiger partial charge is 0.462 e. The maximum absolute atomic E-state index is 11.7. The maximum Gasteiger partial charge on any atom is 0.338 e. The van der Waals surface area contributed by atoms with E-state index in [1.165, 1.54) is 11.1 Å². The van der Waals surface area contributed by atoms with Gasteiger partial charge in [0.2, 0.25) is 0 Å². The van der Waals surface area contributed by atoms with E-state index in [2.05, 4.69) is 36.5 Å². The standard InChI is InChI=1S/C18H21NO2/c1-3-14-8-10-15(11-9-14)13-19-17-7-5-6-16(12-17)18(20)21-4-2/h5-12,19H,3-4,13H2,1-2H3. The van der Waals surface area contributed by atoms with Crippen LogP contribution in [-0.2, 0) is 17.7 Å². The third-order valence-electron chi connectivity index (χ3n) is 3.30. The third-order valence-corrected chi connectivity index (χ3v) is 3.30. The van der Waals surface area contributed by atoms with Crippen molar-refractivity contribution in [2.75, 3.05) is 11.9 Å². The van der Waals surface area contributed by atoms with Gasteiger partial charge in [-0.25, -0.2) is 4.79 Å². The molecule has 0 bridgehead atoms. The fourth-order valence-corrected chi connectivity index (χ4v) is 2.07. The molecule has 3 nitrogen and oxygen atoms in total. The lowest BCUT2D eigenvalue weighted by atomic mass is 10.1. The number of anilines is 1. The molecule has 2 aromatic carbocycles. The summed E-state index contributed by atoms with van der Waals surface area (Å²) in [6, 6.07) is 15.9. The van der Waals surface area contributed by atoms with E-state index in [1.807, 2.05) is 18.2 Å². The van der Waals surface area contributed by atoms with Crippen LogP contribution in [0.15, 0.2) is 48.5 Å². The quantitative estimate of drug-likeness (QED) is 0.813. The van der Waals surface area contributed by atoms with Crippen LogP contribution in [0, 0.1) is 0 Å². The normalized spacial score (nSPS) is 10.2. The molecule has 0 saturated carbocycles. The third kappa shape index (κ3) is 4.35. The summed E-state index contributed by atoms with van der Waals surface area (Å²) in [4.78, 5) is 11.7. The molecule has 0 saturated heterocycles. The molecule has 0 aliphatic carbocycles. The van der Waals surface area contributed by atoms with Crippen LogP contribution in [0.1, 0.15) is 35.3 Å². The SMILES string of the molecule is CCOC(=O)c1cccc(NCc2ccc(CC)cc2)c1. The number of hydrogen-bond donors (Lipinski definition) is 1. The number of aryl methyl sites for hydroxylation is 1. The summed E-state index contributed by atoms with van der Waals surface area (Å²) in [7, 11) is 0. The minimum atomic E-state index is -0.284. The van der Waals surface area contributed by atoms with E-state index in [0.29, 0.717) is 12.2 Å². The van der Waals surface area contributed by atoms with Crippen molar-refractivity contribution in [3.8, 4) is 0 Å². The Morgan fingerprint density at radius 3 is 2.43 bits per heavy atom. The molecule has 2 aromatic rings. The average molecular weight is 283 g/mol. The van der Waals surface area contributed by atoms with Crippen molar-refractivity contribution in [3.05, 3.63) is 65.2 Å². The molecular weight excluding hydrogens is 262 g/mol. The Labute approximate surface area is 126 Å². The predicted molar refractivity (Wildman–Crippen MR) is 85.5 cm³/mol. The molecule has 0 spiro atoms. The van der Waals surface area contributed by atoms with Crippen molar-refractivity contribution in [2.24, 2.45) is 0 Å². The zero-order valence-corrected chi connectivity index (χ0v) is 12.6. The summed E-state index contributed by atoms with van der Waals surface area (Å²) in [5.74, 6) is -0.284. The molecule has 0 unspecified atom stereocenters. The van der Waals surface area contributed by atoms with Crippen molar-refractivity contribution in [2.45, 2.75) is 26.8 Å². The number of rotatable bonds is 6. The lowest BCUT2D eigenvalue weighted by Crippen LogP contribution is -2.06. The van der Waals surface area contributed by atoms with Gasteiger partial charge >= 0.3 is 5.97 Å². The van der Waals surface area contributed by atoms with E-state index in [4.69, 9.17) is 4.74 Å². The number of nitrogens with one attached hydrogen (secondary N) is 1. The van der Waals surface area contributed by atoms with Gasteiger partial charge in [-0.05, 0) is 42.7 Å². The van der Waals surface area contributed by atoms with E-state index in [1.54, 1.807) is 13.0 Å². The Bertz CT molecular complexity index is 590. The van der Waals surface area contributed by atoms with Crippen LogP contribution in [0.25, 0.3) is 0 Å². The monoisotopic (exact) mass is 283 g/mol. The van der Waals surface area contributed by atoms with Gasteiger partial charge in [0.25, 0.3) is 0 Å². The van der Waals surface area contributed by atoms with Gasteiger partial charge in [-0.15, -0.1) is 0 Å². The zero-order valence-electron chi connectivity index (χ0n) is 12.6. The van der Waals surface area contributed by atoms with Gasteiger partial charge < -0.3 is 10.1 Å². The van der Waals surface area contributed by atoms with Crippen LogP contribution in [0.4, 0.5) is 5.69 Å². The van der Waals surface area contributed by atoms with Crippen molar-refractivity contribution in [1.29, 1.82) is 0 Å². The number of hydrogen-bond acceptors (Lipinski definition) is 3. The zero-order chi connectivity index (χ0) is 15.1. The summed E-state index contributed by atoms with van der Waals surface area (Å²) >= 11 is 0. The summed E-state index contributed by atoms with van der Waals surface area (Å²) in [6.45, 7) is 5.07. The van der Waals surface area contributed by atoms with E-state index in [-0.39, 0.29) is 5.97 Å². The molecule has 0 atom stereocenters. The molecule has 1 N–H and O–H groups in total.